The highest BCUT2D eigenvalue weighted by Crippen LogP contribution is 2.27. The zero-order chi connectivity index (χ0) is 20.4. The molecular weight excluding hydrogens is 372 g/mol. The predicted octanol–water partition coefficient (Wildman–Crippen LogP) is 3.30. The molecule has 7 heteroatoms. The topological polar surface area (TPSA) is 72.1 Å². The van der Waals surface area contributed by atoms with Crippen molar-refractivity contribution in [2.24, 2.45) is 10.7 Å². The number of ether oxygens (including phenoxy) is 2. The standard InChI is InChI=1S/C21H32N4O2S/c1-5-25(6-2)18(17-10-12-28-15-17)14-24-21(22)23-11-9-16-7-8-19(26-3)20(13-16)27-4/h7-8,10,12-13,15,18H,5-6,9,11,14H2,1-4H3,(H3,22,23,24). The van der Waals surface area contributed by atoms with E-state index in [1.165, 1.54) is 5.56 Å². The molecule has 0 aliphatic rings. The summed E-state index contributed by atoms with van der Waals surface area (Å²) in [5.41, 5.74) is 8.55. The summed E-state index contributed by atoms with van der Waals surface area (Å²) in [5, 5.41) is 7.52. The summed E-state index contributed by atoms with van der Waals surface area (Å²) in [6, 6.07) is 8.36. The lowest BCUT2D eigenvalue weighted by atomic mass is 10.1. The Labute approximate surface area is 172 Å². The number of thiophene rings is 1. The van der Waals surface area contributed by atoms with Crippen LogP contribution in [0.15, 0.2) is 40.0 Å². The molecule has 0 bridgehead atoms. The van der Waals surface area contributed by atoms with Crippen molar-refractivity contribution in [3.8, 4) is 11.5 Å². The van der Waals surface area contributed by atoms with E-state index in [9.17, 15) is 0 Å². The van der Waals surface area contributed by atoms with Crippen LogP contribution in [0.4, 0.5) is 0 Å². The minimum Gasteiger partial charge on any atom is -0.493 e. The van der Waals surface area contributed by atoms with Gasteiger partial charge in [0, 0.05) is 6.54 Å². The van der Waals surface area contributed by atoms with Gasteiger partial charge >= 0.3 is 0 Å². The van der Waals surface area contributed by atoms with Crippen molar-refractivity contribution in [1.82, 2.24) is 10.2 Å². The maximum atomic E-state index is 6.10. The van der Waals surface area contributed by atoms with Crippen LogP contribution in [0.1, 0.15) is 31.0 Å². The fourth-order valence-corrected chi connectivity index (χ4v) is 3.88. The van der Waals surface area contributed by atoms with Gasteiger partial charge in [0.05, 0.1) is 26.8 Å². The van der Waals surface area contributed by atoms with Crippen LogP contribution >= 0.6 is 11.3 Å². The van der Waals surface area contributed by atoms with Gasteiger partial charge in [-0.05, 0) is 59.6 Å². The number of likely N-dealkylation sites (N-methyl/N-ethyl adjacent to an activating group) is 1. The van der Waals surface area contributed by atoms with E-state index in [0.717, 1.165) is 36.6 Å². The van der Waals surface area contributed by atoms with Gasteiger partial charge in [-0.1, -0.05) is 19.9 Å². The molecule has 2 aromatic rings. The Kier molecular flexibility index (Phi) is 9.10. The van der Waals surface area contributed by atoms with Gasteiger partial charge < -0.3 is 20.5 Å². The summed E-state index contributed by atoms with van der Waals surface area (Å²) in [4.78, 5) is 7.00. The molecule has 0 saturated carbocycles. The molecule has 2 rings (SSSR count). The SMILES string of the molecule is CCN(CC)C(CN=C(N)NCCc1ccc(OC)c(OC)c1)c1ccsc1. The van der Waals surface area contributed by atoms with Crippen molar-refractivity contribution in [2.45, 2.75) is 26.3 Å². The first-order chi connectivity index (χ1) is 13.6. The first kappa shape index (κ1) is 22.0. The van der Waals surface area contributed by atoms with Crippen molar-refractivity contribution >= 4 is 17.3 Å². The van der Waals surface area contributed by atoms with Crippen molar-refractivity contribution in [3.63, 3.8) is 0 Å². The first-order valence-electron chi connectivity index (χ1n) is 9.63. The van der Waals surface area contributed by atoms with E-state index in [1.807, 2.05) is 18.2 Å². The number of rotatable bonds is 11. The molecule has 0 fully saturated rings. The van der Waals surface area contributed by atoms with Gasteiger partial charge in [0.2, 0.25) is 0 Å². The molecule has 1 aromatic carbocycles. The van der Waals surface area contributed by atoms with E-state index in [2.05, 4.69) is 45.9 Å². The zero-order valence-electron chi connectivity index (χ0n) is 17.3. The van der Waals surface area contributed by atoms with Crippen LogP contribution in [0, 0.1) is 0 Å². The third-order valence-electron chi connectivity index (χ3n) is 4.78. The molecule has 0 radical (unpaired) electrons. The van der Waals surface area contributed by atoms with Crippen molar-refractivity contribution in [1.29, 1.82) is 0 Å². The Morgan fingerprint density at radius 1 is 1.18 bits per heavy atom. The fraction of sp³-hybridized carbons (Fsp3) is 0.476. The Balaban J connectivity index is 1.91. The van der Waals surface area contributed by atoms with E-state index in [1.54, 1.807) is 25.6 Å². The molecule has 1 unspecified atom stereocenters. The smallest absolute Gasteiger partial charge is 0.188 e. The Bertz CT molecular complexity index is 730. The third-order valence-corrected chi connectivity index (χ3v) is 5.48. The highest BCUT2D eigenvalue weighted by molar-refractivity contribution is 7.07. The zero-order valence-corrected chi connectivity index (χ0v) is 18.1. The van der Waals surface area contributed by atoms with Crippen LogP contribution in [0.2, 0.25) is 0 Å². The Morgan fingerprint density at radius 3 is 2.54 bits per heavy atom. The van der Waals surface area contributed by atoms with Crippen LogP contribution in [-0.2, 0) is 6.42 Å². The molecule has 28 heavy (non-hydrogen) atoms. The minimum atomic E-state index is 0.257. The van der Waals surface area contributed by atoms with Gasteiger partial charge in [-0.25, -0.2) is 0 Å². The average molecular weight is 405 g/mol. The Hall–Kier alpha value is -2.25. The molecule has 0 saturated heterocycles. The van der Waals surface area contributed by atoms with E-state index in [4.69, 9.17) is 15.2 Å². The summed E-state index contributed by atoms with van der Waals surface area (Å²) in [6.45, 7) is 7.68. The number of nitrogens with zero attached hydrogens (tertiary/aromatic N) is 2. The molecule has 1 heterocycles. The lowest BCUT2D eigenvalue weighted by Crippen LogP contribution is -2.35. The summed E-state index contributed by atoms with van der Waals surface area (Å²) in [7, 11) is 3.28. The van der Waals surface area contributed by atoms with Gasteiger partial charge in [-0.2, -0.15) is 11.3 Å². The van der Waals surface area contributed by atoms with E-state index < -0.39 is 0 Å². The predicted molar refractivity (Wildman–Crippen MR) is 118 cm³/mol. The summed E-state index contributed by atoms with van der Waals surface area (Å²) >= 11 is 1.72. The number of nitrogens with two attached hydrogens (primary N) is 1. The first-order valence-corrected chi connectivity index (χ1v) is 10.6. The second-order valence-corrected chi connectivity index (χ2v) is 7.17. The number of hydrogen-bond donors (Lipinski definition) is 2. The fourth-order valence-electron chi connectivity index (χ4n) is 3.17. The van der Waals surface area contributed by atoms with Crippen LogP contribution in [0.25, 0.3) is 0 Å². The molecule has 0 spiro atoms. The van der Waals surface area contributed by atoms with E-state index in [0.29, 0.717) is 19.0 Å². The number of nitrogens with one attached hydrogen (secondary N) is 1. The normalized spacial score (nSPS) is 12.8. The molecule has 1 aromatic heterocycles. The highest BCUT2D eigenvalue weighted by atomic mass is 32.1. The summed E-state index contributed by atoms with van der Waals surface area (Å²) in [5.74, 6) is 1.95. The number of hydrogen-bond acceptors (Lipinski definition) is 5. The largest absolute Gasteiger partial charge is 0.493 e. The minimum absolute atomic E-state index is 0.257. The maximum absolute atomic E-state index is 6.10. The van der Waals surface area contributed by atoms with Crippen molar-refractivity contribution in [2.75, 3.05) is 40.4 Å². The van der Waals surface area contributed by atoms with Gasteiger partial charge in [0.15, 0.2) is 17.5 Å². The van der Waals surface area contributed by atoms with Crippen LogP contribution in [0.5, 0.6) is 11.5 Å². The molecule has 1 atom stereocenters. The van der Waals surface area contributed by atoms with E-state index in [-0.39, 0.29) is 6.04 Å². The molecule has 0 aliphatic heterocycles. The summed E-state index contributed by atoms with van der Waals surface area (Å²) in [6.07, 6.45) is 0.820. The van der Waals surface area contributed by atoms with Gasteiger partial charge in [0.25, 0.3) is 0 Å². The molecule has 3 N–H and O–H groups in total. The van der Waals surface area contributed by atoms with Crippen LogP contribution < -0.4 is 20.5 Å². The van der Waals surface area contributed by atoms with Crippen molar-refractivity contribution < 1.29 is 9.47 Å². The number of methoxy groups -OCH3 is 2. The second-order valence-electron chi connectivity index (χ2n) is 6.39. The quantitative estimate of drug-likeness (QED) is 0.444. The molecule has 154 valence electrons. The van der Waals surface area contributed by atoms with Crippen molar-refractivity contribution in [3.05, 3.63) is 46.2 Å². The van der Waals surface area contributed by atoms with E-state index >= 15 is 0 Å². The second kappa shape index (κ2) is 11.6. The molecular formula is C21H32N4O2S. The summed E-state index contributed by atoms with van der Waals surface area (Å²) < 4.78 is 10.6. The lowest BCUT2D eigenvalue weighted by Gasteiger charge is -2.28. The van der Waals surface area contributed by atoms with Gasteiger partial charge in [0.1, 0.15) is 0 Å². The average Bonchev–Trinajstić information content (AvgIpc) is 3.25. The lowest BCUT2D eigenvalue weighted by molar-refractivity contribution is 0.225. The monoisotopic (exact) mass is 404 g/mol. The van der Waals surface area contributed by atoms with Crippen LogP contribution in [-0.4, -0.2) is 51.3 Å². The third kappa shape index (κ3) is 6.14. The molecule has 6 nitrogen and oxygen atoms in total. The number of guanidine groups is 1. The molecule has 0 amide bonds. The maximum Gasteiger partial charge on any atom is 0.188 e. The number of aliphatic imine (C=N–C) groups is 1. The van der Waals surface area contributed by atoms with Gasteiger partial charge in [-0.15, -0.1) is 0 Å². The number of benzene rings is 1. The Morgan fingerprint density at radius 2 is 1.93 bits per heavy atom. The van der Waals surface area contributed by atoms with Crippen LogP contribution in [0.3, 0.4) is 0 Å². The van der Waals surface area contributed by atoms with Gasteiger partial charge in [-0.3, -0.25) is 9.89 Å². The highest BCUT2D eigenvalue weighted by Gasteiger charge is 2.18. The molecule has 0 aliphatic carbocycles.